The van der Waals surface area contributed by atoms with E-state index >= 15 is 0 Å². The lowest BCUT2D eigenvalue weighted by molar-refractivity contribution is -0.117. The molecule has 5 nitrogen and oxygen atoms in total. The van der Waals surface area contributed by atoms with Crippen LogP contribution in [-0.2, 0) is 17.8 Å². The van der Waals surface area contributed by atoms with Gasteiger partial charge >= 0.3 is 0 Å². The van der Waals surface area contributed by atoms with Gasteiger partial charge in [0.15, 0.2) is 5.16 Å². The smallest absolute Gasteiger partial charge is 0.240 e. The Morgan fingerprint density at radius 1 is 1.32 bits per heavy atom. The van der Waals surface area contributed by atoms with Gasteiger partial charge in [-0.05, 0) is 51.2 Å². The average molecular weight is 356 g/mol. The molecular formula is C19H24N4OS. The highest BCUT2D eigenvalue weighted by Gasteiger charge is 2.32. The number of aryl methyl sites for hydroxylation is 1. The van der Waals surface area contributed by atoms with Crippen LogP contribution in [0.4, 0.5) is 5.69 Å². The molecule has 0 N–H and O–H groups in total. The van der Waals surface area contributed by atoms with Crippen molar-refractivity contribution in [3.63, 3.8) is 0 Å². The third kappa shape index (κ3) is 3.19. The summed E-state index contributed by atoms with van der Waals surface area (Å²) < 4.78 is 2.18. The van der Waals surface area contributed by atoms with Gasteiger partial charge in [0, 0.05) is 24.7 Å². The normalized spacial score (nSPS) is 18.1. The Labute approximate surface area is 152 Å². The van der Waals surface area contributed by atoms with Crippen LogP contribution >= 0.6 is 11.8 Å². The van der Waals surface area contributed by atoms with E-state index in [0.29, 0.717) is 5.92 Å². The van der Waals surface area contributed by atoms with Crippen LogP contribution in [0, 0.1) is 0 Å². The van der Waals surface area contributed by atoms with Crippen molar-refractivity contribution in [2.24, 2.45) is 0 Å². The van der Waals surface area contributed by atoms with Crippen molar-refractivity contribution >= 4 is 23.4 Å². The summed E-state index contributed by atoms with van der Waals surface area (Å²) >= 11 is 1.54. The van der Waals surface area contributed by atoms with E-state index in [1.807, 2.05) is 24.0 Å². The molecule has 1 amide bonds. The van der Waals surface area contributed by atoms with Crippen LogP contribution < -0.4 is 4.90 Å². The Kier molecular flexibility index (Phi) is 4.54. The number of carbonyl (C=O) groups excluding carboxylic acids is 1. The minimum Gasteiger partial charge on any atom is -0.311 e. The molecule has 25 heavy (non-hydrogen) atoms. The minimum atomic E-state index is -0.173. The van der Waals surface area contributed by atoms with Crippen LogP contribution in [0.25, 0.3) is 0 Å². The third-order valence-electron chi connectivity index (χ3n) is 5.01. The van der Waals surface area contributed by atoms with E-state index in [2.05, 4.69) is 33.8 Å². The summed E-state index contributed by atoms with van der Waals surface area (Å²) in [6.07, 6.45) is 4.50. The number of para-hydroxylation sites is 1. The molecule has 1 saturated carbocycles. The Bertz CT molecular complexity index is 783. The first kappa shape index (κ1) is 16.6. The first-order chi connectivity index (χ1) is 12.2. The van der Waals surface area contributed by atoms with Crippen molar-refractivity contribution in [3.8, 4) is 0 Å². The molecule has 0 bridgehead atoms. The molecule has 2 aliphatic rings. The highest BCUT2D eigenvalue weighted by Crippen LogP contribution is 2.40. The van der Waals surface area contributed by atoms with Crippen molar-refractivity contribution in [2.45, 2.75) is 62.4 Å². The second-order valence-corrected chi connectivity index (χ2v) is 8.15. The van der Waals surface area contributed by atoms with E-state index < -0.39 is 0 Å². The van der Waals surface area contributed by atoms with Gasteiger partial charge in [-0.25, -0.2) is 0 Å². The molecule has 1 aliphatic carbocycles. The molecule has 4 rings (SSSR count). The molecule has 2 heterocycles. The summed E-state index contributed by atoms with van der Waals surface area (Å²) in [5, 5.41) is 9.44. The van der Waals surface area contributed by atoms with E-state index in [1.165, 1.54) is 30.2 Å². The number of rotatable bonds is 5. The number of hydrogen-bond acceptors (Lipinski definition) is 4. The molecule has 0 saturated heterocycles. The summed E-state index contributed by atoms with van der Waals surface area (Å²) in [6.45, 7) is 5.76. The number of thioether (sulfide) groups is 1. The monoisotopic (exact) mass is 356 g/mol. The Hall–Kier alpha value is -1.82. The Morgan fingerprint density at radius 2 is 2.12 bits per heavy atom. The first-order valence-corrected chi connectivity index (χ1v) is 10.1. The summed E-state index contributed by atoms with van der Waals surface area (Å²) in [6, 6.07) is 8.25. The number of anilines is 1. The molecule has 1 aromatic heterocycles. The lowest BCUT2D eigenvalue weighted by Gasteiger charge is -2.31. The maximum Gasteiger partial charge on any atom is 0.240 e. The number of fused-ring (bicyclic) bond motifs is 1. The van der Waals surface area contributed by atoms with Gasteiger partial charge in [0.25, 0.3) is 0 Å². The zero-order valence-corrected chi connectivity index (χ0v) is 15.6. The summed E-state index contributed by atoms with van der Waals surface area (Å²) in [4.78, 5) is 15.0. The highest BCUT2D eigenvalue weighted by atomic mass is 32.2. The highest BCUT2D eigenvalue weighted by molar-refractivity contribution is 8.00. The van der Waals surface area contributed by atoms with E-state index in [1.54, 1.807) is 0 Å². The number of amides is 1. The summed E-state index contributed by atoms with van der Waals surface area (Å²) in [5.74, 6) is 1.82. The fourth-order valence-electron chi connectivity index (χ4n) is 3.52. The molecular weight excluding hydrogens is 332 g/mol. The van der Waals surface area contributed by atoms with Crippen LogP contribution in [0.3, 0.4) is 0 Å². The van der Waals surface area contributed by atoms with Crippen molar-refractivity contribution in [3.05, 3.63) is 35.7 Å². The van der Waals surface area contributed by atoms with Crippen molar-refractivity contribution in [1.29, 1.82) is 0 Å². The van der Waals surface area contributed by atoms with Gasteiger partial charge in [0.1, 0.15) is 5.82 Å². The summed E-state index contributed by atoms with van der Waals surface area (Å²) in [7, 11) is 0. The lowest BCUT2D eigenvalue weighted by Crippen LogP contribution is -2.40. The second-order valence-electron chi connectivity index (χ2n) is 6.84. The Balaban J connectivity index is 1.52. The van der Waals surface area contributed by atoms with Crippen molar-refractivity contribution in [2.75, 3.05) is 11.4 Å². The lowest BCUT2D eigenvalue weighted by atomic mass is 10.0. The molecule has 6 heteroatoms. The molecule has 0 spiro atoms. The molecule has 132 valence electrons. The number of aromatic nitrogens is 3. The maximum atomic E-state index is 13.1. The average Bonchev–Trinajstić information content (AvgIpc) is 3.41. The van der Waals surface area contributed by atoms with E-state index in [0.717, 1.165) is 42.6 Å². The molecule has 1 atom stereocenters. The van der Waals surface area contributed by atoms with Crippen LogP contribution in [0.15, 0.2) is 29.4 Å². The third-order valence-corrected chi connectivity index (χ3v) is 6.08. The van der Waals surface area contributed by atoms with E-state index in [9.17, 15) is 4.79 Å². The van der Waals surface area contributed by atoms with Gasteiger partial charge in [0.05, 0.1) is 5.25 Å². The topological polar surface area (TPSA) is 51.0 Å². The van der Waals surface area contributed by atoms with Gasteiger partial charge in [-0.3, -0.25) is 4.79 Å². The largest absolute Gasteiger partial charge is 0.311 e. The standard InChI is InChI=1S/C19H24N4OS/c1-3-22-17(15-10-11-15)20-21-19(22)25-13(2)18(24)23-12-6-8-14-7-4-5-9-16(14)23/h4-5,7,9,13,15H,3,6,8,10-12H2,1-2H3. The molecule has 1 fully saturated rings. The molecule has 1 aromatic carbocycles. The van der Waals surface area contributed by atoms with Crippen LogP contribution in [-0.4, -0.2) is 32.5 Å². The molecule has 1 unspecified atom stereocenters. The maximum absolute atomic E-state index is 13.1. The van der Waals surface area contributed by atoms with Gasteiger partial charge in [0.2, 0.25) is 5.91 Å². The van der Waals surface area contributed by atoms with E-state index in [-0.39, 0.29) is 11.2 Å². The first-order valence-electron chi connectivity index (χ1n) is 9.18. The van der Waals surface area contributed by atoms with Crippen LogP contribution in [0.1, 0.15) is 50.4 Å². The predicted molar refractivity (Wildman–Crippen MR) is 100 cm³/mol. The number of nitrogens with zero attached hydrogens (tertiary/aromatic N) is 4. The van der Waals surface area contributed by atoms with Crippen molar-refractivity contribution in [1.82, 2.24) is 14.8 Å². The second kappa shape index (κ2) is 6.83. The van der Waals surface area contributed by atoms with E-state index in [4.69, 9.17) is 0 Å². The molecule has 2 aromatic rings. The van der Waals surface area contributed by atoms with Gasteiger partial charge in [-0.1, -0.05) is 30.0 Å². The SMILES string of the molecule is CCn1c(SC(C)C(=O)N2CCCc3ccccc32)nnc1C1CC1. The molecule has 1 aliphatic heterocycles. The zero-order chi connectivity index (χ0) is 17.4. The number of hydrogen-bond donors (Lipinski definition) is 0. The van der Waals surface area contributed by atoms with Gasteiger partial charge in [-0.15, -0.1) is 10.2 Å². The summed E-state index contributed by atoms with van der Waals surface area (Å²) in [5.41, 5.74) is 2.34. The fraction of sp³-hybridized carbons (Fsp3) is 0.526. The van der Waals surface area contributed by atoms with Crippen LogP contribution in [0.5, 0.6) is 0 Å². The van der Waals surface area contributed by atoms with Crippen LogP contribution in [0.2, 0.25) is 0 Å². The Morgan fingerprint density at radius 3 is 2.88 bits per heavy atom. The van der Waals surface area contributed by atoms with Gasteiger partial charge in [-0.2, -0.15) is 0 Å². The number of carbonyl (C=O) groups is 1. The fourth-order valence-corrected chi connectivity index (χ4v) is 4.50. The zero-order valence-electron chi connectivity index (χ0n) is 14.8. The van der Waals surface area contributed by atoms with Gasteiger partial charge < -0.3 is 9.47 Å². The van der Waals surface area contributed by atoms with Crippen molar-refractivity contribution < 1.29 is 4.79 Å². The predicted octanol–water partition coefficient (Wildman–Crippen LogP) is 3.64. The molecule has 0 radical (unpaired) electrons. The number of benzene rings is 1. The minimum absolute atomic E-state index is 0.163. The quantitative estimate of drug-likeness (QED) is 0.768.